The van der Waals surface area contributed by atoms with E-state index < -0.39 is 14.7 Å². The van der Waals surface area contributed by atoms with Gasteiger partial charge >= 0.3 is 82.2 Å². The van der Waals surface area contributed by atoms with Crippen LogP contribution in [0.4, 0.5) is 0 Å². The van der Waals surface area contributed by atoms with Gasteiger partial charge in [0.15, 0.2) is 0 Å². The van der Waals surface area contributed by atoms with Crippen LogP contribution in [0.25, 0.3) is 0 Å². The molecule has 0 aromatic heterocycles. The number of nitro groups is 1. The number of hydrogen-bond donors (Lipinski definition) is 2. The Bertz CT molecular complexity index is 329. The Morgan fingerprint density at radius 2 is 1.73 bits per heavy atom. The van der Waals surface area contributed by atoms with Gasteiger partial charge in [0.1, 0.15) is 0 Å². The second-order valence-electron chi connectivity index (χ2n) is 2.60. The Labute approximate surface area is 106 Å². The summed E-state index contributed by atoms with van der Waals surface area (Å²) in [5.74, 6) is 0. The number of hydrogen-bond acceptors (Lipinski definition) is 3. The van der Waals surface area contributed by atoms with Gasteiger partial charge in [-0.25, -0.2) is 0 Å². The Kier molecular flexibility index (Phi) is 7.75. The maximum atomic E-state index is 10.3. The maximum absolute atomic E-state index is 10.3. The van der Waals surface area contributed by atoms with E-state index >= 15 is 0 Å². The van der Waals surface area contributed by atoms with E-state index in [0.29, 0.717) is 27.9 Å². The van der Waals surface area contributed by atoms with E-state index in [-0.39, 0.29) is 4.92 Å². The van der Waals surface area contributed by atoms with Crippen molar-refractivity contribution in [3.05, 3.63) is 46.0 Å². The molecule has 0 fully saturated rings. The molecular weight excluding hydrogens is 233 g/mol. The van der Waals surface area contributed by atoms with Crippen molar-refractivity contribution in [3.63, 3.8) is 0 Å². The second-order valence-corrected chi connectivity index (χ2v) is 4.16. The summed E-state index contributed by atoms with van der Waals surface area (Å²) in [6, 6.07) is 9.09. The first kappa shape index (κ1) is 14.7. The van der Waals surface area contributed by atoms with Crippen molar-refractivity contribution in [2.75, 3.05) is 0 Å². The molecule has 0 spiro atoms. The molecule has 1 atom stereocenters. The minimum absolute atomic E-state index is 0.235. The molecule has 0 amide bonds. The molecule has 0 saturated carbocycles. The van der Waals surface area contributed by atoms with E-state index in [1.165, 1.54) is 0 Å². The number of benzene rings is 1. The van der Waals surface area contributed by atoms with E-state index in [1.807, 2.05) is 18.2 Å². The van der Waals surface area contributed by atoms with Gasteiger partial charge in [0.2, 0.25) is 0 Å². The zero-order valence-electron chi connectivity index (χ0n) is 7.94. The standard InChI is InChI=1S/C7H6NO2.Na.H2O3S/c9-8(10)6-7-4-2-1-3-5-7;;1-4(2)3/h1-6H;;(H2,1,2,3). The second kappa shape index (κ2) is 7.91. The van der Waals surface area contributed by atoms with Gasteiger partial charge in [-0.2, -0.15) is 4.21 Å². The summed E-state index contributed by atoms with van der Waals surface area (Å²) < 4.78 is 22.4. The molecule has 1 aromatic carbocycles. The predicted molar refractivity (Wildman–Crippen MR) is 55.3 cm³/mol. The summed E-state index contributed by atoms with van der Waals surface area (Å²) in [5.41, 5.74) is 0.809. The predicted octanol–water partition coefficient (Wildman–Crippen LogP) is 0.811. The van der Waals surface area contributed by atoms with Gasteiger partial charge in [0, 0.05) is 0 Å². The summed E-state index contributed by atoms with van der Waals surface area (Å²) in [7, 11) is 0. The first-order chi connectivity index (χ1) is 6.95. The van der Waals surface area contributed by atoms with Gasteiger partial charge in [-0.15, -0.1) is 0 Å². The number of nitrogens with zero attached hydrogens (tertiary/aromatic N) is 1. The molecule has 1 rings (SSSR count). The summed E-state index contributed by atoms with van der Waals surface area (Å²) >= 11 is -2.05. The van der Waals surface area contributed by atoms with Crippen molar-refractivity contribution in [2.24, 2.45) is 0 Å². The van der Waals surface area contributed by atoms with Gasteiger partial charge < -0.3 is 0 Å². The topological polar surface area (TPSA) is 101 Å². The van der Waals surface area contributed by atoms with Gasteiger partial charge in [-0.05, 0) is 0 Å². The molecule has 0 heterocycles. The summed E-state index contributed by atoms with van der Waals surface area (Å²) in [6.07, 6.45) is 0. The normalized spacial score (nSPS) is 11.5. The molecular formula is C7H8NNaO5S. The van der Waals surface area contributed by atoms with Gasteiger partial charge in [0.25, 0.3) is 11.4 Å². The van der Waals surface area contributed by atoms with Crippen LogP contribution in [0.1, 0.15) is 8.85 Å². The molecule has 8 heteroatoms. The van der Waals surface area contributed by atoms with Crippen molar-refractivity contribution in [2.45, 2.75) is 3.29 Å². The Morgan fingerprint density at radius 1 is 1.33 bits per heavy atom. The molecule has 6 nitrogen and oxygen atoms in total. The van der Waals surface area contributed by atoms with Gasteiger partial charge in [-0.3, -0.25) is 9.11 Å². The molecule has 0 radical (unpaired) electrons. The van der Waals surface area contributed by atoms with Crippen LogP contribution in [0, 0.1) is 10.1 Å². The average Bonchev–Trinajstić information content (AvgIpc) is 2.17. The zero-order valence-corrected chi connectivity index (χ0v) is 10.8. The third-order valence-corrected chi connectivity index (χ3v) is 2.69. The van der Waals surface area contributed by atoms with Crippen LogP contribution in [0.15, 0.2) is 30.3 Å². The molecule has 0 saturated heterocycles. The Hall–Kier alpha value is -0.310. The fourth-order valence-corrected chi connectivity index (χ4v) is 1.24. The Balaban J connectivity index is 0.000000423. The fourth-order valence-electron chi connectivity index (χ4n) is 0.853. The molecule has 1 aromatic rings. The van der Waals surface area contributed by atoms with Gasteiger partial charge in [-0.1, -0.05) is 0 Å². The van der Waals surface area contributed by atoms with E-state index in [9.17, 15) is 10.1 Å². The van der Waals surface area contributed by atoms with Crippen LogP contribution in [-0.2, 0) is 11.4 Å². The van der Waals surface area contributed by atoms with E-state index in [1.54, 1.807) is 12.1 Å². The molecule has 0 aliphatic heterocycles. The molecule has 78 valence electrons. The van der Waals surface area contributed by atoms with Crippen LogP contribution in [0.5, 0.6) is 0 Å². The molecule has 0 aliphatic carbocycles. The van der Waals surface area contributed by atoms with Crippen molar-refractivity contribution >= 4 is 39.3 Å². The van der Waals surface area contributed by atoms with Crippen LogP contribution in [-0.4, -0.2) is 46.2 Å². The molecule has 2 N–H and O–H groups in total. The van der Waals surface area contributed by atoms with Crippen molar-refractivity contribution in [1.82, 2.24) is 0 Å². The van der Waals surface area contributed by atoms with Gasteiger partial charge in [0.05, 0.1) is 0 Å². The van der Waals surface area contributed by atoms with Crippen molar-refractivity contribution in [1.29, 1.82) is 0 Å². The zero-order chi connectivity index (χ0) is 11.8. The fraction of sp³-hybridized carbons (Fsp3) is 0.143. The van der Waals surface area contributed by atoms with E-state index in [0.717, 1.165) is 5.56 Å². The SMILES string of the molecule is O=S(O)O.O=[N+]([O-])[CH]([Na])c1ccccc1. The first-order valence-electron chi connectivity index (χ1n) is 3.93. The number of rotatable bonds is 2. The minimum atomic E-state index is -2.61. The summed E-state index contributed by atoms with van der Waals surface area (Å²) in [4.78, 5) is 10.1. The van der Waals surface area contributed by atoms with Crippen molar-refractivity contribution in [3.8, 4) is 0 Å². The van der Waals surface area contributed by atoms with Crippen molar-refractivity contribution < 1.29 is 18.2 Å². The van der Waals surface area contributed by atoms with Crippen LogP contribution >= 0.6 is 0 Å². The van der Waals surface area contributed by atoms with Crippen LogP contribution in [0.3, 0.4) is 0 Å². The quantitative estimate of drug-likeness (QED) is 0.345. The average molecular weight is 241 g/mol. The van der Waals surface area contributed by atoms with Crippen LogP contribution in [0.2, 0.25) is 0 Å². The third-order valence-electron chi connectivity index (χ3n) is 1.60. The third kappa shape index (κ3) is 7.60. The molecule has 15 heavy (non-hydrogen) atoms. The first-order valence-corrected chi connectivity index (χ1v) is 6.15. The summed E-state index contributed by atoms with van der Waals surface area (Å²) in [6.45, 7) is 0. The monoisotopic (exact) mass is 241 g/mol. The summed E-state index contributed by atoms with van der Waals surface area (Å²) in [5, 5.41) is 10.3. The Morgan fingerprint density at radius 3 is 2.07 bits per heavy atom. The molecule has 0 bridgehead atoms. The van der Waals surface area contributed by atoms with E-state index in [4.69, 9.17) is 13.3 Å². The van der Waals surface area contributed by atoms with Crippen LogP contribution < -0.4 is 0 Å². The van der Waals surface area contributed by atoms with E-state index in [2.05, 4.69) is 0 Å². The molecule has 0 aliphatic rings. The molecule has 1 unspecified atom stereocenters.